The van der Waals surface area contributed by atoms with Crippen molar-refractivity contribution in [3.05, 3.63) is 65.7 Å². The Kier molecular flexibility index (Phi) is 4.97. The van der Waals surface area contributed by atoms with Crippen molar-refractivity contribution in [2.45, 2.75) is 12.3 Å². The maximum absolute atomic E-state index is 14.0. The summed E-state index contributed by atoms with van der Waals surface area (Å²) in [5, 5.41) is 1.44. The molecule has 4 N–H and O–H groups in total. The number of benzene rings is 2. The molecule has 136 valence electrons. The molecule has 1 saturated heterocycles. The van der Waals surface area contributed by atoms with Crippen LogP contribution in [-0.4, -0.2) is 23.4 Å². The standard InChI is InChI=1S/C18H18F2N4O2/c19-13-7-4-8-14(16(13)20)24(22)18(26)15-12(9-10-23(21)17(15)25)11-5-2-1-3-6-11/h1-8,12,15H,9-10,21-22H2. The number of rotatable bonds is 3. The first-order chi connectivity index (χ1) is 12.4. The summed E-state index contributed by atoms with van der Waals surface area (Å²) < 4.78 is 27.5. The van der Waals surface area contributed by atoms with Gasteiger partial charge in [0.25, 0.3) is 5.91 Å². The van der Waals surface area contributed by atoms with Gasteiger partial charge >= 0.3 is 0 Å². The van der Waals surface area contributed by atoms with Crippen molar-refractivity contribution in [3.8, 4) is 0 Å². The van der Waals surface area contributed by atoms with Crippen molar-refractivity contribution in [1.29, 1.82) is 0 Å². The molecule has 0 spiro atoms. The number of carbonyl (C=O) groups is 2. The molecule has 2 aromatic carbocycles. The number of nitrogens with zero attached hydrogens (tertiary/aromatic N) is 2. The first kappa shape index (κ1) is 18.0. The van der Waals surface area contributed by atoms with E-state index in [-0.39, 0.29) is 6.54 Å². The number of piperidine rings is 1. The summed E-state index contributed by atoms with van der Waals surface area (Å²) in [4.78, 5) is 25.5. The molecule has 0 saturated carbocycles. The fourth-order valence-corrected chi connectivity index (χ4v) is 3.19. The molecule has 2 aromatic rings. The Morgan fingerprint density at radius 2 is 1.81 bits per heavy atom. The third-order valence-electron chi connectivity index (χ3n) is 4.55. The zero-order chi connectivity index (χ0) is 18.8. The van der Waals surface area contributed by atoms with Crippen LogP contribution in [0.3, 0.4) is 0 Å². The Morgan fingerprint density at radius 1 is 1.12 bits per heavy atom. The highest BCUT2D eigenvalue weighted by Gasteiger charge is 2.43. The Labute approximate surface area is 148 Å². The molecule has 1 aliphatic heterocycles. The van der Waals surface area contributed by atoms with Crippen LogP contribution in [0.4, 0.5) is 14.5 Å². The fourth-order valence-electron chi connectivity index (χ4n) is 3.19. The summed E-state index contributed by atoms with van der Waals surface area (Å²) in [5.41, 5.74) is 0.337. The first-order valence-electron chi connectivity index (χ1n) is 8.05. The molecular formula is C18H18F2N4O2. The second-order valence-electron chi connectivity index (χ2n) is 6.10. The molecule has 0 aromatic heterocycles. The Morgan fingerprint density at radius 3 is 2.50 bits per heavy atom. The molecule has 0 radical (unpaired) electrons. The molecule has 0 aliphatic carbocycles. The number of halogens is 2. The van der Waals surface area contributed by atoms with Gasteiger partial charge in [-0.05, 0) is 24.1 Å². The minimum Gasteiger partial charge on any atom is -0.280 e. The van der Waals surface area contributed by atoms with Crippen molar-refractivity contribution in [1.82, 2.24) is 5.01 Å². The van der Waals surface area contributed by atoms with Gasteiger partial charge < -0.3 is 0 Å². The number of hydrogen-bond acceptors (Lipinski definition) is 4. The van der Waals surface area contributed by atoms with Crippen LogP contribution in [0.5, 0.6) is 0 Å². The molecule has 1 fully saturated rings. The largest absolute Gasteiger partial charge is 0.280 e. The molecule has 1 heterocycles. The molecule has 2 unspecified atom stereocenters. The van der Waals surface area contributed by atoms with Gasteiger partial charge in [0, 0.05) is 12.5 Å². The Balaban J connectivity index is 1.97. The van der Waals surface area contributed by atoms with E-state index >= 15 is 0 Å². The van der Waals surface area contributed by atoms with E-state index < -0.39 is 41.0 Å². The summed E-state index contributed by atoms with van der Waals surface area (Å²) in [6.45, 7) is 0.279. The van der Waals surface area contributed by atoms with Gasteiger partial charge in [-0.25, -0.2) is 25.5 Å². The second-order valence-corrected chi connectivity index (χ2v) is 6.10. The molecule has 2 amide bonds. The summed E-state index contributed by atoms with van der Waals surface area (Å²) >= 11 is 0. The number of hydrazine groups is 2. The van der Waals surface area contributed by atoms with E-state index in [0.717, 1.165) is 16.6 Å². The van der Waals surface area contributed by atoms with Gasteiger partial charge in [0.1, 0.15) is 5.92 Å². The van der Waals surface area contributed by atoms with Crippen molar-refractivity contribution >= 4 is 17.5 Å². The minimum absolute atomic E-state index is 0.279. The maximum Gasteiger partial charge on any atom is 0.254 e. The van der Waals surface area contributed by atoms with Gasteiger partial charge in [0.2, 0.25) is 5.91 Å². The highest BCUT2D eigenvalue weighted by Crippen LogP contribution is 2.35. The van der Waals surface area contributed by atoms with Crippen LogP contribution in [-0.2, 0) is 9.59 Å². The zero-order valence-corrected chi connectivity index (χ0v) is 13.8. The van der Waals surface area contributed by atoms with Gasteiger partial charge in [-0.3, -0.25) is 14.6 Å². The van der Waals surface area contributed by atoms with Gasteiger partial charge in [-0.1, -0.05) is 36.4 Å². The summed E-state index contributed by atoms with van der Waals surface area (Å²) in [5.74, 6) is 5.90. The quantitative estimate of drug-likeness (QED) is 0.377. The average molecular weight is 360 g/mol. The summed E-state index contributed by atoms with van der Waals surface area (Å²) in [6.07, 6.45) is 0.447. The Hall–Kier alpha value is -2.84. The third-order valence-corrected chi connectivity index (χ3v) is 4.55. The van der Waals surface area contributed by atoms with Crippen LogP contribution in [0.2, 0.25) is 0 Å². The molecule has 2 atom stereocenters. The lowest BCUT2D eigenvalue weighted by Gasteiger charge is -2.36. The summed E-state index contributed by atoms with van der Waals surface area (Å²) in [7, 11) is 0. The smallest absolute Gasteiger partial charge is 0.254 e. The normalized spacial score (nSPS) is 20.2. The van der Waals surface area contributed by atoms with Crippen molar-refractivity contribution in [3.63, 3.8) is 0 Å². The second kappa shape index (κ2) is 7.19. The first-order valence-corrected chi connectivity index (χ1v) is 8.05. The molecule has 1 aliphatic rings. The van der Waals surface area contributed by atoms with Gasteiger partial charge in [-0.2, -0.15) is 0 Å². The van der Waals surface area contributed by atoms with Crippen molar-refractivity contribution in [2.75, 3.05) is 11.6 Å². The molecule has 3 rings (SSSR count). The molecule has 6 nitrogen and oxygen atoms in total. The van der Waals surface area contributed by atoms with E-state index in [9.17, 15) is 18.4 Å². The average Bonchev–Trinajstić information content (AvgIpc) is 2.65. The van der Waals surface area contributed by atoms with E-state index in [2.05, 4.69) is 0 Å². The van der Waals surface area contributed by atoms with E-state index in [1.54, 1.807) is 24.3 Å². The van der Waals surface area contributed by atoms with Gasteiger partial charge in [0.15, 0.2) is 11.6 Å². The third kappa shape index (κ3) is 3.16. The number of amides is 2. The number of hydrogen-bond donors (Lipinski definition) is 2. The van der Waals surface area contributed by atoms with Crippen LogP contribution < -0.4 is 16.7 Å². The van der Waals surface area contributed by atoms with Crippen molar-refractivity contribution < 1.29 is 18.4 Å². The fraction of sp³-hybridized carbons (Fsp3) is 0.222. The summed E-state index contributed by atoms with van der Waals surface area (Å²) in [6, 6.07) is 12.3. The van der Waals surface area contributed by atoms with Crippen LogP contribution in [0.25, 0.3) is 0 Å². The Bertz CT molecular complexity index is 831. The van der Waals surface area contributed by atoms with E-state index in [1.165, 1.54) is 12.1 Å². The maximum atomic E-state index is 14.0. The van der Waals surface area contributed by atoms with E-state index in [0.29, 0.717) is 11.4 Å². The molecule has 26 heavy (non-hydrogen) atoms. The lowest BCUT2D eigenvalue weighted by molar-refractivity contribution is -0.145. The minimum atomic E-state index is -1.26. The van der Waals surface area contributed by atoms with E-state index in [4.69, 9.17) is 11.7 Å². The lowest BCUT2D eigenvalue weighted by atomic mass is 9.79. The van der Waals surface area contributed by atoms with Gasteiger partial charge in [0.05, 0.1) is 5.69 Å². The number of anilines is 1. The van der Waals surface area contributed by atoms with Crippen LogP contribution in [0.1, 0.15) is 17.9 Å². The van der Waals surface area contributed by atoms with E-state index in [1.807, 2.05) is 6.07 Å². The molecule has 0 bridgehead atoms. The predicted octanol–water partition coefficient (Wildman–Crippen LogP) is 1.68. The predicted molar refractivity (Wildman–Crippen MR) is 91.2 cm³/mol. The van der Waals surface area contributed by atoms with Crippen LogP contribution in [0.15, 0.2) is 48.5 Å². The van der Waals surface area contributed by atoms with Crippen LogP contribution >= 0.6 is 0 Å². The highest BCUT2D eigenvalue weighted by atomic mass is 19.2. The zero-order valence-electron chi connectivity index (χ0n) is 13.8. The molecule has 8 heteroatoms. The SMILES string of the molecule is NN1CCC(c2ccccc2)C(C(=O)N(N)c2cccc(F)c2F)C1=O. The number of nitrogens with two attached hydrogens (primary N) is 2. The lowest BCUT2D eigenvalue weighted by Crippen LogP contribution is -2.55. The van der Waals surface area contributed by atoms with Gasteiger partial charge in [-0.15, -0.1) is 0 Å². The monoisotopic (exact) mass is 360 g/mol. The van der Waals surface area contributed by atoms with Crippen molar-refractivity contribution in [2.24, 2.45) is 17.6 Å². The van der Waals surface area contributed by atoms with Crippen LogP contribution in [0, 0.1) is 17.6 Å². The number of carbonyl (C=O) groups excluding carboxylic acids is 2. The topological polar surface area (TPSA) is 92.7 Å². The molecular weight excluding hydrogens is 342 g/mol. The highest BCUT2D eigenvalue weighted by molar-refractivity contribution is 6.08.